The zero-order valence-electron chi connectivity index (χ0n) is 15.0. The Morgan fingerprint density at radius 3 is 2.64 bits per heavy atom. The second-order valence-corrected chi connectivity index (χ2v) is 7.70. The molecule has 0 aromatic heterocycles. The van der Waals surface area contributed by atoms with Crippen LogP contribution in [0.1, 0.15) is 19.3 Å². The van der Waals surface area contributed by atoms with Crippen molar-refractivity contribution in [2.24, 2.45) is 4.99 Å². The lowest BCUT2D eigenvalue weighted by Gasteiger charge is -2.23. The summed E-state index contributed by atoms with van der Waals surface area (Å²) in [6.45, 7) is 4.29. The summed E-state index contributed by atoms with van der Waals surface area (Å²) in [6.07, 6.45) is 3.72. The molecule has 5 nitrogen and oxygen atoms in total. The van der Waals surface area contributed by atoms with Gasteiger partial charge in [0.25, 0.3) is 0 Å². The standard InChI is InChI=1S/C18H28BrN5.HI/c1-20-18(21-12-17-4-3-10-23(17)2)22-15-9-11-24(13-15)16-7-5-14(19)6-8-16;/h5-8,15,17H,3-4,9-13H2,1-2H3,(H2,20,21,22);1H. The Morgan fingerprint density at radius 1 is 1.24 bits per heavy atom. The maximum Gasteiger partial charge on any atom is 0.191 e. The molecular weight excluding hydrogens is 493 g/mol. The smallest absolute Gasteiger partial charge is 0.191 e. The van der Waals surface area contributed by atoms with Gasteiger partial charge in [0.05, 0.1) is 0 Å². The van der Waals surface area contributed by atoms with Crippen LogP contribution in [0, 0.1) is 0 Å². The maximum absolute atomic E-state index is 4.40. The highest BCUT2D eigenvalue weighted by Gasteiger charge is 2.24. The zero-order valence-corrected chi connectivity index (χ0v) is 19.0. The first-order chi connectivity index (χ1) is 11.7. The van der Waals surface area contributed by atoms with Crippen molar-refractivity contribution in [3.05, 3.63) is 28.7 Å². The van der Waals surface area contributed by atoms with Crippen LogP contribution >= 0.6 is 39.9 Å². The summed E-state index contributed by atoms with van der Waals surface area (Å²) in [5.74, 6) is 0.929. The van der Waals surface area contributed by atoms with Gasteiger partial charge in [-0.1, -0.05) is 15.9 Å². The van der Waals surface area contributed by atoms with Gasteiger partial charge in [-0.3, -0.25) is 4.99 Å². The van der Waals surface area contributed by atoms with E-state index in [-0.39, 0.29) is 24.0 Å². The lowest BCUT2D eigenvalue weighted by Crippen LogP contribution is -2.48. The van der Waals surface area contributed by atoms with Gasteiger partial charge in [0.15, 0.2) is 5.96 Å². The van der Waals surface area contributed by atoms with Gasteiger partial charge in [-0.2, -0.15) is 0 Å². The number of rotatable bonds is 4. The van der Waals surface area contributed by atoms with Crippen LogP contribution in [0.15, 0.2) is 33.7 Å². The van der Waals surface area contributed by atoms with Crippen molar-refractivity contribution >= 4 is 51.6 Å². The van der Waals surface area contributed by atoms with E-state index in [1.165, 1.54) is 25.1 Å². The molecule has 2 atom stereocenters. The van der Waals surface area contributed by atoms with Gasteiger partial charge in [0, 0.05) is 48.9 Å². The maximum atomic E-state index is 4.40. The molecule has 0 spiro atoms. The third kappa shape index (κ3) is 5.72. The van der Waals surface area contributed by atoms with Crippen LogP contribution in [0.3, 0.4) is 0 Å². The van der Waals surface area contributed by atoms with Crippen molar-refractivity contribution in [2.45, 2.75) is 31.3 Å². The summed E-state index contributed by atoms with van der Waals surface area (Å²) < 4.78 is 1.13. The Hall–Kier alpha value is -0.540. The van der Waals surface area contributed by atoms with Crippen LogP contribution < -0.4 is 15.5 Å². The number of likely N-dealkylation sites (tertiary alicyclic amines) is 1. The fraction of sp³-hybridized carbons (Fsp3) is 0.611. The minimum Gasteiger partial charge on any atom is -0.369 e. The molecule has 0 saturated carbocycles. The first-order valence-electron chi connectivity index (χ1n) is 8.83. The van der Waals surface area contributed by atoms with E-state index >= 15 is 0 Å². The van der Waals surface area contributed by atoms with E-state index in [0.717, 1.165) is 36.5 Å². The molecular formula is C18H29BrIN5. The Kier molecular flexibility index (Phi) is 8.28. The van der Waals surface area contributed by atoms with Gasteiger partial charge in [-0.15, -0.1) is 24.0 Å². The molecule has 0 aliphatic carbocycles. The number of halogens is 2. The fourth-order valence-corrected chi connectivity index (χ4v) is 3.87. The third-order valence-corrected chi connectivity index (χ3v) is 5.65. The molecule has 1 aromatic carbocycles. The SMILES string of the molecule is CN=C(NCC1CCCN1C)NC1CCN(c2ccc(Br)cc2)C1.I. The van der Waals surface area contributed by atoms with Gasteiger partial charge in [-0.05, 0) is 57.1 Å². The number of nitrogens with zero attached hydrogens (tertiary/aromatic N) is 3. The van der Waals surface area contributed by atoms with E-state index in [2.05, 4.69) is 72.7 Å². The third-order valence-electron chi connectivity index (χ3n) is 5.12. The van der Waals surface area contributed by atoms with E-state index in [1.54, 1.807) is 0 Å². The Balaban J connectivity index is 0.00000225. The molecule has 2 unspecified atom stereocenters. The number of anilines is 1. The number of likely N-dealkylation sites (N-methyl/N-ethyl adjacent to an activating group) is 1. The molecule has 2 N–H and O–H groups in total. The predicted octanol–water partition coefficient (Wildman–Crippen LogP) is 2.91. The number of hydrogen-bond acceptors (Lipinski definition) is 3. The largest absolute Gasteiger partial charge is 0.369 e. The summed E-state index contributed by atoms with van der Waals surface area (Å²) in [7, 11) is 4.07. The van der Waals surface area contributed by atoms with Gasteiger partial charge in [-0.25, -0.2) is 0 Å². The van der Waals surface area contributed by atoms with Crippen LogP contribution in [-0.4, -0.2) is 63.2 Å². The number of hydrogen-bond donors (Lipinski definition) is 2. The number of aliphatic imine (C=N–C) groups is 1. The van der Waals surface area contributed by atoms with Crippen LogP contribution in [0.2, 0.25) is 0 Å². The summed E-state index contributed by atoms with van der Waals surface area (Å²) in [6, 6.07) is 9.64. The lowest BCUT2D eigenvalue weighted by molar-refractivity contribution is 0.309. The molecule has 0 radical (unpaired) electrons. The number of benzene rings is 1. The molecule has 7 heteroatoms. The van der Waals surface area contributed by atoms with E-state index in [4.69, 9.17) is 0 Å². The molecule has 2 fully saturated rings. The van der Waals surface area contributed by atoms with Crippen molar-refractivity contribution < 1.29 is 0 Å². The second kappa shape index (κ2) is 9.97. The predicted molar refractivity (Wildman–Crippen MR) is 120 cm³/mol. The highest BCUT2D eigenvalue weighted by atomic mass is 127. The quantitative estimate of drug-likeness (QED) is 0.363. The lowest BCUT2D eigenvalue weighted by atomic mass is 10.2. The normalized spacial score (nSPS) is 24.3. The number of nitrogens with one attached hydrogen (secondary N) is 2. The first-order valence-corrected chi connectivity index (χ1v) is 9.63. The highest BCUT2D eigenvalue weighted by molar-refractivity contribution is 14.0. The van der Waals surface area contributed by atoms with Crippen LogP contribution in [0.5, 0.6) is 0 Å². The van der Waals surface area contributed by atoms with Crippen molar-refractivity contribution in [1.29, 1.82) is 0 Å². The van der Waals surface area contributed by atoms with E-state index in [0.29, 0.717) is 12.1 Å². The van der Waals surface area contributed by atoms with Crippen molar-refractivity contribution in [3.8, 4) is 0 Å². The molecule has 2 heterocycles. The Morgan fingerprint density at radius 2 is 2.00 bits per heavy atom. The highest BCUT2D eigenvalue weighted by Crippen LogP contribution is 2.22. The Labute approximate surface area is 176 Å². The van der Waals surface area contributed by atoms with Gasteiger partial charge in [0.2, 0.25) is 0 Å². The van der Waals surface area contributed by atoms with E-state index in [9.17, 15) is 0 Å². The van der Waals surface area contributed by atoms with Gasteiger partial charge < -0.3 is 20.4 Å². The molecule has 3 rings (SSSR count). The second-order valence-electron chi connectivity index (χ2n) is 6.78. The summed E-state index contributed by atoms with van der Waals surface area (Å²) in [4.78, 5) is 9.27. The first kappa shape index (κ1) is 20.8. The summed E-state index contributed by atoms with van der Waals surface area (Å²) in [5, 5.41) is 7.09. The topological polar surface area (TPSA) is 42.9 Å². The van der Waals surface area contributed by atoms with Crippen LogP contribution in [0.25, 0.3) is 0 Å². The van der Waals surface area contributed by atoms with Crippen LogP contribution in [0.4, 0.5) is 5.69 Å². The minimum absolute atomic E-state index is 0. The molecule has 0 bridgehead atoms. The van der Waals surface area contributed by atoms with Gasteiger partial charge in [0.1, 0.15) is 0 Å². The van der Waals surface area contributed by atoms with E-state index < -0.39 is 0 Å². The monoisotopic (exact) mass is 521 g/mol. The zero-order chi connectivity index (χ0) is 16.9. The molecule has 2 aliphatic heterocycles. The van der Waals surface area contributed by atoms with E-state index in [1.807, 2.05) is 7.05 Å². The fourth-order valence-electron chi connectivity index (χ4n) is 3.60. The van der Waals surface area contributed by atoms with Crippen molar-refractivity contribution in [3.63, 3.8) is 0 Å². The van der Waals surface area contributed by atoms with Gasteiger partial charge >= 0.3 is 0 Å². The van der Waals surface area contributed by atoms with Crippen LogP contribution in [-0.2, 0) is 0 Å². The van der Waals surface area contributed by atoms with Crippen molar-refractivity contribution in [1.82, 2.24) is 15.5 Å². The number of guanidine groups is 1. The average molecular weight is 522 g/mol. The molecule has 0 amide bonds. The summed E-state index contributed by atoms with van der Waals surface area (Å²) >= 11 is 3.50. The molecule has 2 saturated heterocycles. The molecule has 2 aliphatic rings. The molecule has 1 aromatic rings. The van der Waals surface area contributed by atoms with Crippen molar-refractivity contribution in [2.75, 3.05) is 45.2 Å². The summed E-state index contributed by atoms with van der Waals surface area (Å²) in [5.41, 5.74) is 1.29. The Bertz CT molecular complexity index is 565. The minimum atomic E-state index is 0. The molecule has 140 valence electrons. The average Bonchev–Trinajstić information content (AvgIpc) is 3.21. The molecule has 25 heavy (non-hydrogen) atoms.